The summed E-state index contributed by atoms with van der Waals surface area (Å²) in [6.07, 6.45) is -0.146. The summed E-state index contributed by atoms with van der Waals surface area (Å²) in [4.78, 5) is 10.4. The topological polar surface area (TPSA) is 63.3 Å². The van der Waals surface area contributed by atoms with E-state index in [0.29, 0.717) is 11.1 Å². The summed E-state index contributed by atoms with van der Waals surface area (Å²) in [5, 5.41) is 8.54. The maximum absolute atomic E-state index is 12.7. The molecule has 0 aliphatic rings. The predicted molar refractivity (Wildman–Crippen MR) is 50.3 cm³/mol. The van der Waals surface area contributed by atoms with Gasteiger partial charge in [-0.1, -0.05) is 6.07 Å². The first-order valence-corrected chi connectivity index (χ1v) is 4.24. The molecule has 0 bridgehead atoms. The highest BCUT2D eigenvalue weighted by atomic mass is 19.1. The van der Waals surface area contributed by atoms with Gasteiger partial charge in [-0.25, -0.2) is 4.39 Å². The lowest BCUT2D eigenvalue weighted by atomic mass is 9.99. The van der Waals surface area contributed by atoms with E-state index in [1.165, 1.54) is 18.2 Å². The Morgan fingerprint density at radius 1 is 1.64 bits per heavy atom. The Bertz CT molecular complexity index is 352. The maximum atomic E-state index is 12.7. The van der Waals surface area contributed by atoms with Gasteiger partial charge >= 0.3 is 5.97 Å². The number of hydrogen-bond acceptors (Lipinski definition) is 2. The van der Waals surface area contributed by atoms with Crippen LogP contribution in [-0.2, 0) is 4.79 Å². The molecule has 1 atom stereocenters. The standard InChI is InChI=1S/C10H12FNO2/c1-6-4-7(11)2-3-8(6)9(12)5-10(13)14/h2-4,9H,5,12H2,1H3,(H,13,14). The Balaban J connectivity index is 2.90. The maximum Gasteiger partial charge on any atom is 0.305 e. The third-order valence-electron chi connectivity index (χ3n) is 2.03. The molecule has 4 heteroatoms. The molecule has 3 N–H and O–H groups in total. The predicted octanol–water partition coefficient (Wildman–Crippen LogP) is 1.61. The molecule has 3 nitrogen and oxygen atoms in total. The minimum Gasteiger partial charge on any atom is -0.481 e. The largest absolute Gasteiger partial charge is 0.481 e. The highest BCUT2D eigenvalue weighted by molar-refractivity contribution is 5.68. The van der Waals surface area contributed by atoms with E-state index in [1.807, 2.05) is 0 Å². The van der Waals surface area contributed by atoms with E-state index in [2.05, 4.69) is 0 Å². The molecule has 14 heavy (non-hydrogen) atoms. The fourth-order valence-electron chi connectivity index (χ4n) is 1.35. The van der Waals surface area contributed by atoms with Crippen molar-refractivity contribution in [1.29, 1.82) is 0 Å². The van der Waals surface area contributed by atoms with Crippen molar-refractivity contribution >= 4 is 5.97 Å². The number of rotatable bonds is 3. The number of aryl methyl sites for hydroxylation is 1. The molecule has 1 aromatic carbocycles. The van der Waals surface area contributed by atoms with Gasteiger partial charge in [0.15, 0.2) is 0 Å². The van der Waals surface area contributed by atoms with Crippen molar-refractivity contribution in [3.8, 4) is 0 Å². The molecule has 0 spiro atoms. The summed E-state index contributed by atoms with van der Waals surface area (Å²) in [5.41, 5.74) is 7.00. The SMILES string of the molecule is Cc1cc(F)ccc1C(N)CC(=O)O. The molecule has 76 valence electrons. The molecule has 0 saturated carbocycles. The smallest absolute Gasteiger partial charge is 0.305 e. The molecule has 0 saturated heterocycles. The average Bonchev–Trinajstić information content (AvgIpc) is 2.01. The second kappa shape index (κ2) is 4.19. The van der Waals surface area contributed by atoms with Crippen LogP contribution in [0.25, 0.3) is 0 Å². The van der Waals surface area contributed by atoms with E-state index >= 15 is 0 Å². The van der Waals surface area contributed by atoms with Crippen LogP contribution in [0, 0.1) is 12.7 Å². The Morgan fingerprint density at radius 2 is 2.29 bits per heavy atom. The first kappa shape index (κ1) is 10.7. The second-order valence-electron chi connectivity index (χ2n) is 3.21. The fraction of sp³-hybridized carbons (Fsp3) is 0.300. The normalized spacial score (nSPS) is 12.5. The second-order valence-corrected chi connectivity index (χ2v) is 3.21. The van der Waals surface area contributed by atoms with E-state index in [9.17, 15) is 9.18 Å². The van der Waals surface area contributed by atoms with Gasteiger partial charge in [0.1, 0.15) is 5.82 Å². The minimum absolute atomic E-state index is 0.146. The zero-order chi connectivity index (χ0) is 10.7. The van der Waals surface area contributed by atoms with Gasteiger partial charge in [-0.15, -0.1) is 0 Å². The molecule has 0 heterocycles. The number of halogens is 1. The molecule has 0 aromatic heterocycles. The first-order valence-electron chi connectivity index (χ1n) is 4.24. The monoisotopic (exact) mass is 197 g/mol. The lowest BCUT2D eigenvalue weighted by molar-refractivity contribution is -0.137. The Kier molecular flexibility index (Phi) is 3.19. The molecule has 0 aliphatic heterocycles. The molecule has 1 aromatic rings. The Hall–Kier alpha value is -1.42. The molecule has 0 amide bonds. The third kappa shape index (κ3) is 2.53. The molecule has 0 fully saturated rings. The minimum atomic E-state index is -0.957. The number of benzene rings is 1. The van der Waals surface area contributed by atoms with Crippen LogP contribution in [0.3, 0.4) is 0 Å². The average molecular weight is 197 g/mol. The summed E-state index contributed by atoms with van der Waals surface area (Å²) >= 11 is 0. The van der Waals surface area contributed by atoms with Gasteiger partial charge < -0.3 is 10.8 Å². The zero-order valence-electron chi connectivity index (χ0n) is 7.83. The van der Waals surface area contributed by atoms with Gasteiger partial charge in [-0.2, -0.15) is 0 Å². The Labute approximate surface area is 81.4 Å². The highest BCUT2D eigenvalue weighted by Crippen LogP contribution is 2.19. The summed E-state index contributed by atoms with van der Waals surface area (Å²) in [5.74, 6) is -1.30. The van der Waals surface area contributed by atoms with Crippen molar-refractivity contribution in [2.24, 2.45) is 5.73 Å². The number of nitrogens with two attached hydrogens (primary N) is 1. The quantitative estimate of drug-likeness (QED) is 0.773. The lowest BCUT2D eigenvalue weighted by Gasteiger charge is -2.12. The molecule has 1 rings (SSSR count). The highest BCUT2D eigenvalue weighted by Gasteiger charge is 2.12. The number of carbonyl (C=O) groups is 1. The van der Waals surface area contributed by atoms with Crippen LogP contribution in [0.1, 0.15) is 23.6 Å². The summed E-state index contributed by atoms with van der Waals surface area (Å²) in [6, 6.07) is 3.58. The van der Waals surface area contributed by atoms with Crippen LogP contribution in [0.2, 0.25) is 0 Å². The summed E-state index contributed by atoms with van der Waals surface area (Å²) in [7, 11) is 0. The van der Waals surface area contributed by atoms with Crippen LogP contribution in [0.4, 0.5) is 4.39 Å². The fourth-order valence-corrected chi connectivity index (χ4v) is 1.35. The first-order chi connectivity index (χ1) is 6.50. The number of carboxylic acid groups (broad SMARTS) is 1. The van der Waals surface area contributed by atoms with E-state index < -0.39 is 12.0 Å². The van der Waals surface area contributed by atoms with Crippen LogP contribution in [-0.4, -0.2) is 11.1 Å². The third-order valence-corrected chi connectivity index (χ3v) is 2.03. The van der Waals surface area contributed by atoms with Crippen molar-refractivity contribution in [2.75, 3.05) is 0 Å². The van der Waals surface area contributed by atoms with Gasteiger partial charge in [0.2, 0.25) is 0 Å². The van der Waals surface area contributed by atoms with E-state index in [1.54, 1.807) is 6.92 Å². The molecule has 0 radical (unpaired) electrons. The van der Waals surface area contributed by atoms with E-state index in [4.69, 9.17) is 10.8 Å². The van der Waals surface area contributed by atoms with Crippen LogP contribution < -0.4 is 5.73 Å². The van der Waals surface area contributed by atoms with Crippen molar-refractivity contribution < 1.29 is 14.3 Å². The molecular weight excluding hydrogens is 185 g/mol. The number of carboxylic acids is 1. The molecular formula is C10H12FNO2. The van der Waals surface area contributed by atoms with Gasteiger partial charge in [0.05, 0.1) is 6.42 Å². The lowest BCUT2D eigenvalue weighted by Crippen LogP contribution is -2.16. The van der Waals surface area contributed by atoms with Crippen molar-refractivity contribution in [2.45, 2.75) is 19.4 Å². The summed E-state index contributed by atoms with van der Waals surface area (Å²) in [6.45, 7) is 1.71. The van der Waals surface area contributed by atoms with Gasteiger partial charge in [0, 0.05) is 6.04 Å². The van der Waals surface area contributed by atoms with Crippen molar-refractivity contribution in [3.63, 3.8) is 0 Å². The number of hydrogen-bond donors (Lipinski definition) is 2. The van der Waals surface area contributed by atoms with E-state index in [0.717, 1.165) is 0 Å². The summed E-state index contributed by atoms with van der Waals surface area (Å²) < 4.78 is 12.7. The van der Waals surface area contributed by atoms with Gasteiger partial charge in [0.25, 0.3) is 0 Å². The molecule has 1 unspecified atom stereocenters. The van der Waals surface area contributed by atoms with Crippen molar-refractivity contribution in [1.82, 2.24) is 0 Å². The van der Waals surface area contributed by atoms with Gasteiger partial charge in [-0.05, 0) is 30.2 Å². The molecule has 0 aliphatic carbocycles. The van der Waals surface area contributed by atoms with E-state index in [-0.39, 0.29) is 12.2 Å². The van der Waals surface area contributed by atoms with Crippen LogP contribution >= 0.6 is 0 Å². The Morgan fingerprint density at radius 3 is 2.79 bits per heavy atom. The van der Waals surface area contributed by atoms with Crippen LogP contribution in [0.15, 0.2) is 18.2 Å². The number of aliphatic carboxylic acids is 1. The van der Waals surface area contributed by atoms with Crippen LogP contribution in [0.5, 0.6) is 0 Å². The van der Waals surface area contributed by atoms with Crippen molar-refractivity contribution in [3.05, 3.63) is 35.1 Å². The van der Waals surface area contributed by atoms with Gasteiger partial charge in [-0.3, -0.25) is 4.79 Å². The zero-order valence-corrected chi connectivity index (χ0v) is 7.83.